The van der Waals surface area contributed by atoms with Crippen LogP contribution in [-0.2, 0) is 6.42 Å². The summed E-state index contributed by atoms with van der Waals surface area (Å²) in [6, 6.07) is 8.98. The number of carbonyl (C=O) groups is 1. The van der Waals surface area contributed by atoms with Gasteiger partial charge in [-0.2, -0.15) is 5.10 Å². The molecule has 6 heteroatoms. The van der Waals surface area contributed by atoms with Crippen molar-refractivity contribution in [2.45, 2.75) is 19.8 Å². The van der Waals surface area contributed by atoms with Gasteiger partial charge < -0.3 is 0 Å². The van der Waals surface area contributed by atoms with Crippen molar-refractivity contribution in [2.75, 3.05) is 0 Å². The predicted molar refractivity (Wildman–Crippen MR) is 87.7 cm³/mol. The van der Waals surface area contributed by atoms with Crippen LogP contribution in [0.2, 0.25) is 0 Å². The molecule has 0 amide bonds. The molecule has 0 aliphatic carbocycles. The Hall–Kier alpha value is -2.89. The molecule has 25 heavy (non-hydrogen) atoms. The number of aryl methyl sites for hydroxylation is 1. The predicted octanol–water partition coefficient (Wildman–Crippen LogP) is 4.62. The fourth-order valence-electron chi connectivity index (χ4n) is 2.62. The van der Waals surface area contributed by atoms with Crippen molar-refractivity contribution in [2.24, 2.45) is 0 Å². The minimum atomic E-state index is -0.937. The summed E-state index contributed by atoms with van der Waals surface area (Å²) in [4.78, 5) is 12.2. The Labute approximate surface area is 142 Å². The van der Waals surface area contributed by atoms with Crippen LogP contribution in [0.5, 0.6) is 0 Å². The van der Waals surface area contributed by atoms with E-state index in [0.29, 0.717) is 23.2 Å². The summed E-state index contributed by atoms with van der Waals surface area (Å²) in [5.74, 6) is -2.35. The van der Waals surface area contributed by atoms with Crippen LogP contribution < -0.4 is 0 Å². The van der Waals surface area contributed by atoms with E-state index in [1.54, 1.807) is 6.92 Å². The first-order chi connectivity index (χ1) is 12.0. The highest BCUT2D eigenvalue weighted by atomic mass is 19.2. The van der Waals surface area contributed by atoms with Gasteiger partial charge in [0.25, 0.3) is 0 Å². The van der Waals surface area contributed by atoms with Gasteiger partial charge in [-0.1, -0.05) is 0 Å². The molecule has 0 atom stereocenters. The molecule has 3 nitrogen and oxygen atoms in total. The van der Waals surface area contributed by atoms with Gasteiger partial charge >= 0.3 is 0 Å². The van der Waals surface area contributed by atoms with Crippen molar-refractivity contribution < 1.29 is 18.0 Å². The van der Waals surface area contributed by atoms with Crippen LogP contribution in [-0.4, -0.2) is 16.0 Å². The van der Waals surface area contributed by atoms with Gasteiger partial charge in [-0.05, 0) is 61.4 Å². The van der Waals surface area contributed by atoms with Crippen LogP contribution in [0.4, 0.5) is 13.2 Å². The van der Waals surface area contributed by atoms with Gasteiger partial charge in [0.05, 0.1) is 5.69 Å². The summed E-state index contributed by atoms with van der Waals surface area (Å²) < 4.78 is 39.3. The van der Waals surface area contributed by atoms with Crippen LogP contribution in [0.3, 0.4) is 0 Å². The zero-order valence-corrected chi connectivity index (χ0v) is 13.4. The van der Waals surface area contributed by atoms with Gasteiger partial charge in [0.15, 0.2) is 17.4 Å². The summed E-state index contributed by atoms with van der Waals surface area (Å²) in [5, 5.41) is 6.99. The van der Waals surface area contributed by atoms with E-state index < -0.39 is 17.5 Å². The number of aromatic nitrogens is 2. The summed E-state index contributed by atoms with van der Waals surface area (Å²) >= 11 is 0. The number of halogens is 3. The molecule has 0 bridgehead atoms. The van der Waals surface area contributed by atoms with Crippen LogP contribution in [0, 0.1) is 24.4 Å². The second-order valence-corrected chi connectivity index (χ2v) is 5.73. The number of aromatic amines is 1. The SMILES string of the molecule is Cc1c(-c2ccc(F)c(F)c2)n[nH]c1CCC(=O)c1ccc(F)cc1. The molecule has 1 aromatic heterocycles. The van der Waals surface area contributed by atoms with E-state index in [9.17, 15) is 18.0 Å². The standard InChI is InChI=1S/C19H15F3N2O/c1-11-17(8-9-18(25)12-2-5-14(20)6-3-12)23-24-19(11)13-4-7-15(21)16(22)10-13/h2-7,10H,8-9H2,1H3,(H,23,24). The highest BCUT2D eigenvalue weighted by Crippen LogP contribution is 2.25. The van der Waals surface area contributed by atoms with Gasteiger partial charge in [0, 0.05) is 23.2 Å². The van der Waals surface area contributed by atoms with Crippen molar-refractivity contribution in [3.63, 3.8) is 0 Å². The Morgan fingerprint density at radius 3 is 2.44 bits per heavy atom. The number of rotatable bonds is 5. The minimum Gasteiger partial charge on any atom is -0.294 e. The Morgan fingerprint density at radius 2 is 1.76 bits per heavy atom. The van der Waals surface area contributed by atoms with Gasteiger partial charge in [-0.25, -0.2) is 13.2 Å². The number of hydrogen-bond acceptors (Lipinski definition) is 2. The lowest BCUT2D eigenvalue weighted by atomic mass is 10.0. The normalized spacial score (nSPS) is 10.9. The third-order valence-corrected chi connectivity index (χ3v) is 4.07. The van der Waals surface area contributed by atoms with E-state index in [1.165, 1.54) is 30.3 Å². The molecule has 0 radical (unpaired) electrons. The Morgan fingerprint density at radius 1 is 1.04 bits per heavy atom. The Bertz CT molecular complexity index is 917. The first kappa shape index (κ1) is 17.0. The molecule has 0 unspecified atom stereocenters. The molecule has 1 heterocycles. The number of Topliss-reactive ketones (excluding diaryl/α,β-unsaturated/α-hetero) is 1. The first-order valence-electron chi connectivity index (χ1n) is 7.73. The molecule has 0 fully saturated rings. The van der Waals surface area contributed by atoms with E-state index in [-0.39, 0.29) is 12.2 Å². The smallest absolute Gasteiger partial charge is 0.163 e. The average Bonchev–Trinajstić information content (AvgIpc) is 2.96. The van der Waals surface area contributed by atoms with Crippen LogP contribution in [0.1, 0.15) is 28.0 Å². The van der Waals surface area contributed by atoms with E-state index in [4.69, 9.17) is 0 Å². The Kier molecular flexibility index (Phi) is 4.70. The van der Waals surface area contributed by atoms with Crippen molar-refractivity contribution in [3.8, 4) is 11.3 Å². The van der Waals surface area contributed by atoms with E-state index in [1.807, 2.05) is 0 Å². The maximum atomic E-state index is 13.4. The zero-order chi connectivity index (χ0) is 18.0. The molecule has 0 spiro atoms. The molecule has 3 rings (SSSR count). The van der Waals surface area contributed by atoms with Gasteiger partial charge in [-0.15, -0.1) is 0 Å². The summed E-state index contributed by atoms with van der Waals surface area (Å²) in [5.41, 5.74) is 2.94. The van der Waals surface area contributed by atoms with Crippen molar-refractivity contribution in [1.29, 1.82) is 0 Å². The minimum absolute atomic E-state index is 0.108. The van der Waals surface area contributed by atoms with Crippen LogP contribution in [0.25, 0.3) is 11.3 Å². The third kappa shape index (κ3) is 3.63. The van der Waals surface area contributed by atoms with Gasteiger partial charge in [-0.3, -0.25) is 9.89 Å². The van der Waals surface area contributed by atoms with Gasteiger partial charge in [0.2, 0.25) is 0 Å². The second kappa shape index (κ2) is 6.93. The maximum Gasteiger partial charge on any atom is 0.163 e. The highest BCUT2D eigenvalue weighted by Gasteiger charge is 2.14. The monoisotopic (exact) mass is 344 g/mol. The number of carbonyl (C=O) groups excluding carboxylic acids is 1. The lowest BCUT2D eigenvalue weighted by Gasteiger charge is -2.03. The van der Waals surface area contributed by atoms with E-state index >= 15 is 0 Å². The number of nitrogens with zero attached hydrogens (tertiary/aromatic N) is 1. The summed E-state index contributed by atoms with van der Waals surface area (Å²) in [7, 11) is 0. The van der Waals surface area contributed by atoms with Crippen LogP contribution >= 0.6 is 0 Å². The fraction of sp³-hybridized carbons (Fsp3) is 0.158. The van der Waals surface area contributed by atoms with Crippen molar-refractivity contribution in [1.82, 2.24) is 10.2 Å². The largest absolute Gasteiger partial charge is 0.294 e. The number of hydrogen-bond donors (Lipinski definition) is 1. The molecule has 3 aromatic rings. The summed E-state index contributed by atoms with van der Waals surface area (Å²) in [6.45, 7) is 1.80. The number of H-pyrrole nitrogens is 1. The summed E-state index contributed by atoms with van der Waals surface area (Å²) in [6.07, 6.45) is 0.643. The number of benzene rings is 2. The lowest BCUT2D eigenvalue weighted by Crippen LogP contribution is -2.02. The number of ketones is 1. The first-order valence-corrected chi connectivity index (χ1v) is 7.73. The second-order valence-electron chi connectivity index (χ2n) is 5.73. The molecule has 2 aromatic carbocycles. The lowest BCUT2D eigenvalue weighted by molar-refractivity contribution is 0.0982. The zero-order valence-electron chi connectivity index (χ0n) is 13.4. The van der Waals surface area contributed by atoms with E-state index in [2.05, 4.69) is 10.2 Å². The number of nitrogens with one attached hydrogen (secondary N) is 1. The fourth-order valence-corrected chi connectivity index (χ4v) is 2.62. The molecular weight excluding hydrogens is 329 g/mol. The molecule has 0 saturated heterocycles. The molecule has 0 aliphatic heterocycles. The maximum absolute atomic E-state index is 13.4. The molecular formula is C19H15F3N2O. The Balaban J connectivity index is 1.74. The van der Waals surface area contributed by atoms with Gasteiger partial charge in [0.1, 0.15) is 5.82 Å². The molecule has 0 aliphatic rings. The van der Waals surface area contributed by atoms with Crippen LogP contribution in [0.15, 0.2) is 42.5 Å². The topological polar surface area (TPSA) is 45.8 Å². The van der Waals surface area contributed by atoms with E-state index in [0.717, 1.165) is 23.4 Å². The molecule has 0 saturated carbocycles. The molecule has 128 valence electrons. The molecule has 1 N–H and O–H groups in total. The third-order valence-electron chi connectivity index (χ3n) is 4.07. The average molecular weight is 344 g/mol. The van der Waals surface area contributed by atoms with Crippen molar-refractivity contribution in [3.05, 3.63) is 76.7 Å². The quantitative estimate of drug-likeness (QED) is 0.687. The highest BCUT2D eigenvalue weighted by molar-refractivity contribution is 5.96. The van der Waals surface area contributed by atoms with Crippen molar-refractivity contribution >= 4 is 5.78 Å².